The van der Waals surface area contributed by atoms with Crippen molar-refractivity contribution in [2.75, 3.05) is 13.7 Å². The van der Waals surface area contributed by atoms with E-state index in [1.165, 1.54) is 30.3 Å². The van der Waals surface area contributed by atoms with Crippen LogP contribution in [0.4, 0.5) is 13.2 Å². The zero-order chi connectivity index (χ0) is 25.5. The van der Waals surface area contributed by atoms with Gasteiger partial charge in [-0.15, -0.1) is 0 Å². The highest BCUT2D eigenvalue weighted by atomic mass is 19.4. The van der Waals surface area contributed by atoms with E-state index in [1.54, 1.807) is 32.9 Å². The summed E-state index contributed by atoms with van der Waals surface area (Å²) in [5.74, 6) is -0.322. The minimum absolute atomic E-state index is 0.156. The minimum Gasteiger partial charge on any atom is -0.494 e. The third-order valence-electron chi connectivity index (χ3n) is 5.47. The first-order chi connectivity index (χ1) is 16.5. The molecule has 4 heterocycles. The lowest BCUT2D eigenvalue weighted by molar-refractivity contribution is -0.142. The number of hydrogen-bond donors (Lipinski definition) is 2. The van der Waals surface area contributed by atoms with E-state index >= 15 is 0 Å². The summed E-state index contributed by atoms with van der Waals surface area (Å²) in [6.45, 7) is 4.47. The van der Waals surface area contributed by atoms with Crippen molar-refractivity contribution in [3.05, 3.63) is 47.5 Å². The lowest BCUT2D eigenvalue weighted by atomic mass is 10.1. The molecule has 184 valence electrons. The van der Waals surface area contributed by atoms with E-state index in [9.17, 15) is 23.1 Å². The Kier molecular flexibility index (Phi) is 6.14. The Labute approximate surface area is 198 Å². The standard InChI is InChI=1S/C23H23F3N6O3/c1-5-27-20(33)16-7-14(8-28-21(16)35-4)17-6-12(2)18-19(30-17)13(3)32(22(18)34)15-9-29-31(10-15)11-23(24,25)26/h6-10,34H,5,11H2,1-4H3,(H,27,33). The summed E-state index contributed by atoms with van der Waals surface area (Å²) in [6, 6.07) is 3.36. The third kappa shape index (κ3) is 4.51. The first-order valence-electron chi connectivity index (χ1n) is 10.7. The van der Waals surface area contributed by atoms with Crippen molar-refractivity contribution in [2.45, 2.75) is 33.5 Å². The lowest BCUT2D eigenvalue weighted by Gasteiger charge is -2.10. The maximum atomic E-state index is 12.7. The van der Waals surface area contributed by atoms with E-state index < -0.39 is 12.7 Å². The van der Waals surface area contributed by atoms with Crippen LogP contribution in [0.2, 0.25) is 0 Å². The Balaban J connectivity index is 1.82. The average molecular weight is 488 g/mol. The van der Waals surface area contributed by atoms with Gasteiger partial charge in [-0.1, -0.05) is 0 Å². The van der Waals surface area contributed by atoms with Crippen LogP contribution in [0.25, 0.3) is 27.8 Å². The van der Waals surface area contributed by atoms with Gasteiger partial charge in [0, 0.05) is 30.2 Å². The quantitative estimate of drug-likeness (QED) is 0.426. The van der Waals surface area contributed by atoms with E-state index in [0.29, 0.717) is 40.0 Å². The number of hydrogen-bond acceptors (Lipinski definition) is 6. The van der Waals surface area contributed by atoms with E-state index in [-0.39, 0.29) is 28.9 Å². The van der Waals surface area contributed by atoms with Crippen molar-refractivity contribution in [1.82, 2.24) is 29.6 Å². The van der Waals surface area contributed by atoms with Gasteiger partial charge in [0.15, 0.2) is 0 Å². The maximum absolute atomic E-state index is 12.7. The number of pyridine rings is 2. The molecule has 1 amide bonds. The molecule has 0 aromatic carbocycles. The molecule has 0 saturated heterocycles. The van der Waals surface area contributed by atoms with E-state index in [4.69, 9.17) is 4.74 Å². The Hall–Kier alpha value is -4.09. The fourth-order valence-electron chi connectivity index (χ4n) is 3.97. The van der Waals surface area contributed by atoms with Gasteiger partial charge in [0.05, 0.1) is 35.6 Å². The van der Waals surface area contributed by atoms with E-state index in [1.807, 2.05) is 0 Å². The number of ether oxygens (including phenoxy) is 1. The second-order valence-corrected chi connectivity index (χ2v) is 7.94. The molecule has 0 unspecified atom stereocenters. The van der Waals surface area contributed by atoms with Crippen LogP contribution in [0.3, 0.4) is 0 Å². The average Bonchev–Trinajstić information content (AvgIpc) is 3.33. The highest BCUT2D eigenvalue weighted by Gasteiger charge is 2.29. The number of alkyl halides is 3. The van der Waals surface area contributed by atoms with Crippen LogP contribution in [0.15, 0.2) is 30.7 Å². The molecule has 0 aliphatic heterocycles. The van der Waals surface area contributed by atoms with Crippen LogP contribution in [0.5, 0.6) is 11.8 Å². The Morgan fingerprint density at radius 2 is 1.97 bits per heavy atom. The SMILES string of the molecule is CCNC(=O)c1cc(-c2cc(C)c3c(O)n(-c4cnn(CC(F)(F)F)c4)c(C)c3n2)cnc1OC. The van der Waals surface area contributed by atoms with Crippen LogP contribution in [-0.4, -0.2) is 55.2 Å². The molecule has 4 rings (SSSR count). The van der Waals surface area contributed by atoms with Crippen LogP contribution < -0.4 is 10.1 Å². The summed E-state index contributed by atoms with van der Waals surface area (Å²) in [5.41, 5.74) is 3.23. The number of fused-ring (bicyclic) bond motifs is 1. The summed E-state index contributed by atoms with van der Waals surface area (Å²) in [5, 5.41) is 17.9. The van der Waals surface area contributed by atoms with Gasteiger partial charge in [0.2, 0.25) is 11.8 Å². The molecule has 35 heavy (non-hydrogen) atoms. The molecule has 0 atom stereocenters. The number of aryl methyl sites for hydroxylation is 2. The highest BCUT2D eigenvalue weighted by Crippen LogP contribution is 2.37. The van der Waals surface area contributed by atoms with Crippen LogP contribution in [-0.2, 0) is 6.54 Å². The number of methoxy groups -OCH3 is 1. The van der Waals surface area contributed by atoms with Crippen molar-refractivity contribution in [2.24, 2.45) is 0 Å². The molecule has 2 N–H and O–H groups in total. The molecule has 0 spiro atoms. The number of rotatable bonds is 6. The molecule has 0 bridgehead atoms. The molecule has 4 aromatic heterocycles. The first kappa shape index (κ1) is 24.0. The smallest absolute Gasteiger partial charge is 0.408 e. The summed E-state index contributed by atoms with van der Waals surface area (Å²) >= 11 is 0. The number of carbonyl (C=O) groups excluding carboxylic acids is 1. The molecule has 12 heteroatoms. The highest BCUT2D eigenvalue weighted by molar-refractivity contribution is 5.98. The maximum Gasteiger partial charge on any atom is 0.408 e. The van der Waals surface area contributed by atoms with Gasteiger partial charge in [0.25, 0.3) is 5.91 Å². The number of halogens is 3. The molecule has 4 aromatic rings. The zero-order valence-electron chi connectivity index (χ0n) is 19.4. The van der Waals surface area contributed by atoms with Crippen molar-refractivity contribution in [3.63, 3.8) is 0 Å². The number of nitrogens with zero attached hydrogens (tertiary/aromatic N) is 5. The van der Waals surface area contributed by atoms with Crippen LogP contribution >= 0.6 is 0 Å². The Morgan fingerprint density at radius 3 is 2.63 bits per heavy atom. The molecule has 0 saturated carbocycles. The van der Waals surface area contributed by atoms with Gasteiger partial charge in [0.1, 0.15) is 12.1 Å². The predicted octanol–water partition coefficient (Wildman–Crippen LogP) is 3.93. The number of aromatic hydroxyl groups is 1. The van der Waals surface area contributed by atoms with Crippen LogP contribution in [0.1, 0.15) is 28.5 Å². The molecule has 0 aliphatic rings. The number of amides is 1. The minimum atomic E-state index is -4.42. The number of nitrogens with one attached hydrogen (secondary N) is 1. The lowest BCUT2D eigenvalue weighted by Crippen LogP contribution is -2.23. The topological polar surface area (TPSA) is 107 Å². The molecular weight excluding hydrogens is 465 g/mol. The first-order valence-corrected chi connectivity index (χ1v) is 10.7. The van der Waals surface area contributed by atoms with Gasteiger partial charge in [-0.25, -0.2) is 9.97 Å². The number of carbonyl (C=O) groups is 1. The number of aromatic nitrogens is 5. The molecule has 0 fully saturated rings. The molecule has 0 aliphatic carbocycles. The van der Waals surface area contributed by atoms with Crippen molar-refractivity contribution in [3.8, 4) is 28.7 Å². The molecular formula is C23H23F3N6O3. The summed E-state index contributed by atoms with van der Waals surface area (Å²) in [4.78, 5) is 21.4. The van der Waals surface area contributed by atoms with Crippen LogP contribution in [0, 0.1) is 13.8 Å². The van der Waals surface area contributed by atoms with Gasteiger partial charge in [-0.3, -0.25) is 14.0 Å². The summed E-state index contributed by atoms with van der Waals surface area (Å²) < 4.78 is 45.6. The second-order valence-electron chi connectivity index (χ2n) is 7.94. The van der Waals surface area contributed by atoms with E-state index in [2.05, 4.69) is 20.4 Å². The van der Waals surface area contributed by atoms with Gasteiger partial charge >= 0.3 is 6.18 Å². The van der Waals surface area contributed by atoms with Gasteiger partial charge in [-0.05, 0) is 38.5 Å². The van der Waals surface area contributed by atoms with Crippen molar-refractivity contribution in [1.29, 1.82) is 0 Å². The van der Waals surface area contributed by atoms with Crippen molar-refractivity contribution < 1.29 is 27.8 Å². The Morgan fingerprint density at radius 1 is 1.23 bits per heavy atom. The van der Waals surface area contributed by atoms with Crippen molar-refractivity contribution >= 4 is 16.8 Å². The summed E-state index contributed by atoms with van der Waals surface area (Å²) in [7, 11) is 1.42. The van der Waals surface area contributed by atoms with Gasteiger partial charge in [-0.2, -0.15) is 18.3 Å². The second kappa shape index (κ2) is 8.93. The monoisotopic (exact) mass is 488 g/mol. The summed E-state index contributed by atoms with van der Waals surface area (Å²) in [6.07, 6.45) is -0.433. The van der Waals surface area contributed by atoms with E-state index in [0.717, 1.165) is 4.68 Å². The normalized spacial score (nSPS) is 11.7. The fourth-order valence-corrected chi connectivity index (χ4v) is 3.97. The zero-order valence-corrected chi connectivity index (χ0v) is 19.4. The Bertz CT molecular complexity index is 1420. The third-order valence-corrected chi connectivity index (χ3v) is 5.47. The predicted molar refractivity (Wildman–Crippen MR) is 122 cm³/mol. The fraction of sp³-hybridized carbons (Fsp3) is 0.304. The largest absolute Gasteiger partial charge is 0.494 e. The molecule has 0 radical (unpaired) electrons. The van der Waals surface area contributed by atoms with Gasteiger partial charge < -0.3 is 15.2 Å². The molecule has 9 nitrogen and oxygen atoms in total.